The number of rotatable bonds is 6. The highest BCUT2D eigenvalue weighted by atomic mass is 19.2. The van der Waals surface area contributed by atoms with Crippen molar-refractivity contribution in [2.45, 2.75) is 32.6 Å². The van der Waals surface area contributed by atoms with Crippen molar-refractivity contribution in [3.63, 3.8) is 0 Å². The quantitative estimate of drug-likeness (QED) is 0.366. The monoisotopic (exact) mass is 406 g/mol. The number of benzene rings is 3. The molecule has 3 aromatic rings. The van der Waals surface area contributed by atoms with Crippen molar-refractivity contribution in [3.8, 4) is 16.9 Å². The summed E-state index contributed by atoms with van der Waals surface area (Å²) in [5.41, 5.74) is 1.05. The highest BCUT2D eigenvalue weighted by Gasteiger charge is 2.20. The fraction of sp³-hybridized carbons (Fsp3) is 0.217. The highest BCUT2D eigenvalue weighted by Crippen LogP contribution is 2.36. The molecule has 0 atom stereocenters. The summed E-state index contributed by atoms with van der Waals surface area (Å²) in [6.45, 7) is 2.03. The Bertz CT molecular complexity index is 1010. The summed E-state index contributed by atoms with van der Waals surface area (Å²) in [6, 6.07) is 9.32. The fourth-order valence-corrected chi connectivity index (χ4v) is 3.30. The van der Waals surface area contributed by atoms with Crippen molar-refractivity contribution in [2.24, 2.45) is 0 Å². The van der Waals surface area contributed by atoms with Crippen LogP contribution in [-0.4, -0.2) is 5.11 Å². The van der Waals surface area contributed by atoms with Gasteiger partial charge in [0.15, 0.2) is 17.5 Å². The van der Waals surface area contributed by atoms with Crippen LogP contribution in [0.5, 0.6) is 5.75 Å². The molecule has 6 heteroatoms. The Morgan fingerprint density at radius 3 is 1.90 bits per heavy atom. The maximum absolute atomic E-state index is 15.0. The lowest BCUT2D eigenvalue weighted by atomic mass is 9.95. The average molecular weight is 406 g/mol. The molecule has 0 spiro atoms. The Hall–Kier alpha value is -2.89. The van der Waals surface area contributed by atoms with Crippen molar-refractivity contribution in [3.05, 3.63) is 88.2 Å². The highest BCUT2D eigenvalue weighted by molar-refractivity contribution is 5.72. The second kappa shape index (κ2) is 8.64. The molecule has 152 valence electrons. The molecule has 0 saturated heterocycles. The molecular formula is C23H19F5O. The molecule has 1 nitrogen and oxygen atoms in total. The number of aryl methyl sites for hydroxylation is 2. The number of hydrogen-bond donors (Lipinski definition) is 1. The molecule has 0 radical (unpaired) electrons. The van der Waals surface area contributed by atoms with E-state index in [9.17, 15) is 22.7 Å². The summed E-state index contributed by atoms with van der Waals surface area (Å²) in [5.74, 6) is -6.75. The Morgan fingerprint density at radius 1 is 0.690 bits per heavy atom. The van der Waals surface area contributed by atoms with Crippen molar-refractivity contribution < 1.29 is 27.1 Å². The maximum Gasteiger partial charge on any atom is 0.194 e. The van der Waals surface area contributed by atoms with Gasteiger partial charge < -0.3 is 5.11 Å². The second-order valence-corrected chi connectivity index (χ2v) is 6.87. The lowest BCUT2D eigenvalue weighted by molar-refractivity contribution is 0.445. The molecule has 0 amide bonds. The van der Waals surface area contributed by atoms with Crippen LogP contribution in [0.15, 0.2) is 42.5 Å². The SMILES string of the molecule is CCCc1ccc(-c2c(O)cc(F)c(CCc3cc(F)c(F)c(F)c3)c2F)cc1. The van der Waals surface area contributed by atoms with Crippen LogP contribution >= 0.6 is 0 Å². The van der Waals surface area contributed by atoms with Gasteiger partial charge in [0, 0.05) is 11.6 Å². The largest absolute Gasteiger partial charge is 0.507 e. The van der Waals surface area contributed by atoms with Gasteiger partial charge in [0.2, 0.25) is 0 Å². The Morgan fingerprint density at radius 2 is 1.31 bits per heavy atom. The summed E-state index contributed by atoms with van der Waals surface area (Å²) in [5, 5.41) is 10.1. The van der Waals surface area contributed by atoms with E-state index in [2.05, 4.69) is 0 Å². The van der Waals surface area contributed by atoms with E-state index in [1.807, 2.05) is 19.1 Å². The standard InChI is InChI=1S/C23H19F5O/c1-2-3-13-4-7-15(8-5-13)21-20(29)12-17(24)16(22(21)27)9-6-14-10-18(25)23(28)19(26)11-14/h4-5,7-8,10-12,29H,2-3,6,9H2,1H3. The number of phenolic OH excluding ortho intramolecular Hbond substituents is 1. The van der Waals surface area contributed by atoms with Gasteiger partial charge in [-0.05, 0) is 48.1 Å². The summed E-state index contributed by atoms with van der Waals surface area (Å²) in [6.07, 6.45) is 1.48. The van der Waals surface area contributed by atoms with Crippen molar-refractivity contribution >= 4 is 0 Å². The van der Waals surface area contributed by atoms with Gasteiger partial charge in [-0.2, -0.15) is 0 Å². The van der Waals surface area contributed by atoms with E-state index in [1.54, 1.807) is 12.1 Å². The first kappa shape index (κ1) is 20.8. The van der Waals surface area contributed by atoms with Crippen LogP contribution in [0, 0.1) is 29.1 Å². The fourth-order valence-electron chi connectivity index (χ4n) is 3.30. The topological polar surface area (TPSA) is 20.2 Å². The summed E-state index contributed by atoms with van der Waals surface area (Å²) < 4.78 is 69.1. The summed E-state index contributed by atoms with van der Waals surface area (Å²) >= 11 is 0. The maximum atomic E-state index is 15.0. The Kier molecular flexibility index (Phi) is 6.20. The van der Waals surface area contributed by atoms with Crippen molar-refractivity contribution in [1.29, 1.82) is 0 Å². The van der Waals surface area contributed by atoms with Gasteiger partial charge in [0.1, 0.15) is 17.4 Å². The number of aromatic hydroxyl groups is 1. The van der Waals surface area contributed by atoms with Gasteiger partial charge in [0.25, 0.3) is 0 Å². The molecule has 0 unspecified atom stereocenters. The van der Waals surface area contributed by atoms with E-state index in [1.165, 1.54) is 0 Å². The average Bonchev–Trinajstić information content (AvgIpc) is 2.67. The van der Waals surface area contributed by atoms with E-state index in [4.69, 9.17) is 0 Å². The van der Waals surface area contributed by atoms with Crippen LogP contribution in [-0.2, 0) is 19.3 Å². The minimum atomic E-state index is -1.59. The van der Waals surface area contributed by atoms with E-state index in [0.717, 1.165) is 36.6 Å². The van der Waals surface area contributed by atoms with Crippen molar-refractivity contribution in [1.82, 2.24) is 0 Å². The molecule has 3 rings (SSSR count). The minimum Gasteiger partial charge on any atom is -0.507 e. The van der Waals surface area contributed by atoms with Crippen molar-refractivity contribution in [2.75, 3.05) is 0 Å². The molecule has 29 heavy (non-hydrogen) atoms. The van der Waals surface area contributed by atoms with E-state index in [-0.39, 0.29) is 29.5 Å². The van der Waals surface area contributed by atoms with E-state index < -0.39 is 34.8 Å². The molecule has 1 N–H and O–H groups in total. The zero-order valence-electron chi connectivity index (χ0n) is 15.7. The first-order chi connectivity index (χ1) is 13.8. The number of phenols is 1. The Balaban J connectivity index is 1.93. The van der Waals surface area contributed by atoms with Crippen LogP contribution in [0.3, 0.4) is 0 Å². The zero-order valence-corrected chi connectivity index (χ0v) is 15.7. The molecule has 0 aliphatic heterocycles. The van der Waals surface area contributed by atoms with Gasteiger partial charge in [-0.25, -0.2) is 22.0 Å². The smallest absolute Gasteiger partial charge is 0.194 e. The third kappa shape index (κ3) is 4.42. The van der Waals surface area contributed by atoms with Gasteiger partial charge in [-0.3, -0.25) is 0 Å². The third-order valence-electron chi connectivity index (χ3n) is 4.78. The minimum absolute atomic E-state index is 0.0683. The first-order valence-electron chi connectivity index (χ1n) is 9.24. The zero-order chi connectivity index (χ0) is 21.1. The first-order valence-corrected chi connectivity index (χ1v) is 9.24. The lowest BCUT2D eigenvalue weighted by Gasteiger charge is -2.13. The molecule has 0 bridgehead atoms. The predicted molar refractivity (Wildman–Crippen MR) is 101 cm³/mol. The third-order valence-corrected chi connectivity index (χ3v) is 4.78. The van der Waals surface area contributed by atoms with Crippen LogP contribution in [0.25, 0.3) is 11.1 Å². The molecule has 0 aliphatic carbocycles. The lowest BCUT2D eigenvalue weighted by Crippen LogP contribution is -2.03. The molecule has 0 fully saturated rings. The number of hydrogen-bond acceptors (Lipinski definition) is 1. The van der Waals surface area contributed by atoms with Gasteiger partial charge in [-0.15, -0.1) is 0 Å². The molecule has 0 aromatic heterocycles. The van der Waals surface area contributed by atoms with E-state index >= 15 is 4.39 Å². The van der Waals surface area contributed by atoms with Crippen LogP contribution in [0.1, 0.15) is 30.0 Å². The van der Waals surface area contributed by atoms with Crippen LogP contribution in [0.2, 0.25) is 0 Å². The molecule has 0 saturated carbocycles. The normalized spacial score (nSPS) is 11.1. The summed E-state index contributed by atoms with van der Waals surface area (Å²) in [7, 11) is 0. The van der Waals surface area contributed by atoms with Gasteiger partial charge in [0.05, 0.1) is 5.56 Å². The number of halogens is 5. The molecule has 0 aliphatic rings. The van der Waals surface area contributed by atoms with Gasteiger partial charge >= 0.3 is 0 Å². The molecule has 3 aromatic carbocycles. The van der Waals surface area contributed by atoms with Gasteiger partial charge in [-0.1, -0.05) is 37.6 Å². The van der Waals surface area contributed by atoms with E-state index in [0.29, 0.717) is 5.56 Å². The van der Waals surface area contributed by atoms with Crippen LogP contribution < -0.4 is 0 Å². The molecule has 0 heterocycles. The second-order valence-electron chi connectivity index (χ2n) is 6.87. The van der Waals surface area contributed by atoms with Crippen LogP contribution in [0.4, 0.5) is 22.0 Å². The predicted octanol–water partition coefficient (Wildman–Crippen LogP) is 6.49. The molecular weight excluding hydrogens is 387 g/mol. The Labute approximate surface area is 165 Å². The summed E-state index contributed by atoms with van der Waals surface area (Å²) in [4.78, 5) is 0.